The second-order valence-electron chi connectivity index (χ2n) is 4.13. The van der Waals surface area contributed by atoms with Crippen molar-refractivity contribution in [2.45, 2.75) is 32.2 Å². The lowest BCUT2D eigenvalue weighted by Crippen LogP contribution is -2.14. The van der Waals surface area contributed by atoms with Crippen LogP contribution in [-0.2, 0) is 0 Å². The Morgan fingerprint density at radius 3 is 2.87 bits per heavy atom. The fraction of sp³-hybridized carbons (Fsp3) is 0.385. The number of halogens is 1. The molecule has 2 N–H and O–H groups in total. The summed E-state index contributed by atoms with van der Waals surface area (Å²) in [5, 5.41) is 0. The summed E-state index contributed by atoms with van der Waals surface area (Å²) in [5.41, 5.74) is 10.3. The number of allylic oxidation sites excluding steroid dienone is 1. The van der Waals surface area contributed by atoms with Gasteiger partial charge in [-0.2, -0.15) is 0 Å². The van der Waals surface area contributed by atoms with Crippen LogP contribution >= 0.6 is 22.6 Å². The summed E-state index contributed by atoms with van der Waals surface area (Å²) in [6.07, 6.45) is 5.95. The van der Waals surface area contributed by atoms with Gasteiger partial charge in [-0.25, -0.2) is 0 Å². The Bertz CT molecular complexity index is 396. The first-order chi connectivity index (χ1) is 7.20. The molecule has 1 aliphatic carbocycles. The van der Waals surface area contributed by atoms with Crippen LogP contribution in [0.4, 0.5) is 0 Å². The van der Waals surface area contributed by atoms with Gasteiger partial charge in [0.25, 0.3) is 0 Å². The van der Waals surface area contributed by atoms with Crippen LogP contribution in [0, 0.1) is 10.5 Å². The molecule has 2 heteroatoms. The molecule has 1 atom stereocenters. The third-order valence-corrected chi connectivity index (χ3v) is 4.51. The predicted molar refractivity (Wildman–Crippen MR) is 72.8 cm³/mol. The van der Waals surface area contributed by atoms with Gasteiger partial charge >= 0.3 is 0 Å². The topological polar surface area (TPSA) is 26.0 Å². The molecule has 0 fully saturated rings. The summed E-state index contributed by atoms with van der Waals surface area (Å²) in [4.78, 5) is 0. The zero-order valence-corrected chi connectivity index (χ0v) is 11.1. The fourth-order valence-electron chi connectivity index (χ4n) is 2.09. The summed E-state index contributed by atoms with van der Waals surface area (Å²) in [6, 6.07) is 6.50. The highest BCUT2D eigenvalue weighted by molar-refractivity contribution is 14.1. The second kappa shape index (κ2) is 4.66. The van der Waals surface area contributed by atoms with E-state index in [1.807, 2.05) is 0 Å². The van der Waals surface area contributed by atoms with Crippen molar-refractivity contribution in [2.24, 2.45) is 5.73 Å². The van der Waals surface area contributed by atoms with E-state index in [1.165, 1.54) is 39.5 Å². The maximum atomic E-state index is 6.30. The number of nitrogens with two attached hydrogens (primary N) is 1. The molecule has 1 aromatic rings. The highest BCUT2D eigenvalue weighted by Crippen LogP contribution is 2.31. The van der Waals surface area contributed by atoms with Crippen LogP contribution in [0.15, 0.2) is 29.8 Å². The molecule has 1 aliphatic rings. The molecule has 0 heterocycles. The Morgan fingerprint density at radius 1 is 1.40 bits per heavy atom. The maximum Gasteiger partial charge on any atom is 0.0521 e. The molecular formula is C13H16IN. The summed E-state index contributed by atoms with van der Waals surface area (Å²) in [6.45, 7) is 2.14. The first kappa shape index (κ1) is 11.1. The lowest BCUT2D eigenvalue weighted by atomic mass is 9.98. The van der Waals surface area contributed by atoms with Crippen molar-refractivity contribution in [3.63, 3.8) is 0 Å². The van der Waals surface area contributed by atoms with E-state index < -0.39 is 0 Å². The van der Waals surface area contributed by atoms with Crippen molar-refractivity contribution in [2.75, 3.05) is 0 Å². The Kier molecular flexibility index (Phi) is 3.46. The van der Waals surface area contributed by atoms with Gasteiger partial charge < -0.3 is 5.73 Å². The molecule has 0 amide bonds. The van der Waals surface area contributed by atoms with Crippen molar-refractivity contribution < 1.29 is 0 Å². The standard InChI is InChI=1S/C13H16IN/c1-9-5-4-8-11(12(9)14)13(15)10-6-2-3-7-10/h4-6,8,13H,2-3,7,15H2,1H3. The van der Waals surface area contributed by atoms with Gasteiger partial charge in [0.2, 0.25) is 0 Å². The van der Waals surface area contributed by atoms with Gasteiger partial charge in [-0.1, -0.05) is 29.8 Å². The summed E-state index contributed by atoms with van der Waals surface area (Å²) in [7, 11) is 0. The van der Waals surface area contributed by atoms with Gasteiger partial charge in [0.1, 0.15) is 0 Å². The molecule has 0 aromatic heterocycles. The van der Waals surface area contributed by atoms with E-state index in [-0.39, 0.29) is 6.04 Å². The largest absolute Gasteiger partial charge is 0.321 e. The van der Waals surface area contributed by atoms with Crippen molar-refractivity contribution in [1.29, 1.82) is 0 Å². The van der Waals surface area contributed by atoms with Crippen LogP contribution in [0.2, 0.25) is 0 Å². The molecule has 1 nitrogen and oxygen atoms in total. The van der Waals surface area contributed by atoms with E-state index in [2.05, 4.69) is 53.8 Å². The number of rotatable bonds is 2. The molecule has 0 saturated heterocycles. The van der Waals surface area contributed by atoms with Gasteiger partial charge in [-0.05, 0) is 59.9 Å². The van der Waals surface area contributed by atoms with Crippen LogP contribution < -0.4 is 5.73 Å². The van der Waals surface area contributed by atoms with Gasteiger partial charge in [0.15, 0.2) is 0 Å². The van der Waals surface area contributed by atoms with E-state index in [1.54, 1.807) is 0 Å². The molecule has 80 valence electrons. The molecule has 0 radical (unpaired) electrons. The molecular weight excluding hydrogens is 297 g/mol. The average molecular weight is 313 g/mol. The molecule has 0 aliphatic heterocycles. The van der Waals surface area contributed by atoms with E-state index in [0.29, 0.717) is 0 Å². The molecule has 1 unspecified atom stereocenters. The number of hydrogen-bond acceptors (Lipinski definition) is 1. The maximum absolute atomic E-state index is 6.30. The van der Waals surface area contributed by atoms with Gasteiger partial charge in [0, 0.05) is 3.57 Å². The molecule has 1 aromatic carbocycles. The predicted octanol–water partition coefficient (Wildman–Crippen LogP) is 3.71. The van der Waals surface area contributed by atoms with Crippen molar-refractivity contribution in [3.8, 4) is 0 Å². The Hall–Kier alpha value is -0.350. The first-order valence-electron chi connectivity index (χ1n) is 5.39. The summed E-state index contributed by atoms with van der Waals surface area (Å²) in [5.74, 6) is 0. The second-order valence-corrected chi connectivity index (χ2v) is 5.21. The fourth-order valence-corrected chi connectivity index (χ4v) is 2.78. The Labute approximate surface area is 105 Å². The number of benzene rings is 1. The van der Waals surface area contributed by atoms with Crippen molar-refractivity contribution >= 4 is 22.6 Å². The van der Waals surface area contributed by atoms with Gasteiger partial charge in [0.05, 0.1) is 6.04 Å². The zero-order chi connectivity index (χ0) is 10.8. The minimum atomic E-state index is 0.110. The summed E-state index contributed by atoms with van der Waals surface area (Å²) < 4.78 is 1.32. The highest BCUT2D eigenvalue weighted by Gasteiger charge is 2.17. The molecule has 0 saturated carbocycles. The van der Waals surface area contributed by atoms with Gasteiger partial charge in [-0.15, -0.1) is 0 Å². The minimum absolute atomic E-state index is 0.110. The number of hydrogen-bond donors (Lipinski definition) is 1. The van der Waals surface area contributed by atoms with E-state index in [4.69, 9.17) is 5.73 Å². The van der Waals surface area contributed by atoms with E-state index >= 15 is 0 Å². The van der Waals surface area contributed by atoms with Gasteiger partial charge in [-0.3, -0.25) is 0 Å². The van der Waals surface area contributed by atoms with Crippen molar-refractivity contribution in [1.82, 2.24) is 0 Å². The smallest absolute Gasteiger partial charge is 0.0521 e. The minimum Gasteiger partial charge on any atom is -0.321 e. The molecule has 15 heavy (non-hydrogen) atoms. The summed E-state index contributed by atoms with van der Waals surface area (Å²) >= 11 is 2.40. The van der Waals surface area contributed by atoms with Crippen LogP contribution in [0.1, 0.15) is 36.4 Å². The lowest BCUT2D eigenvalue weighted by Gasteiger charge is -2.16. The van der Waals surface area contributed by atoms with Crippen LogP contribution in [0.5, 0.6) is 0 Å². The molecule has 2 rings (SSSR count). The monoisotopic (exact) mass is 313 g/mol. The normalized spacial score (nSPS) is 17.7. The van der Waals surface area contributed by atoms with Crippen molar-refractivity contribution in [3.05, 3.63) is 44.5 Å². The Morgan fingerprint density at radius 2 is 2.20 bits per heavy atom. The highest BCUT2D eigenvalue weighted by atomic mass is 127. The van der Waals surface area contributed by atoms with E-state index in [9.17, 15) is 0 Å². The lowest BCUT2D eigenvalue weighted by molar-refractivity contribution is 0.780. The molecule has 0 bridgehead atoms. The zero-order valence-electron chi connectivity index (χ0n) is 8.96. The van der Waals surface area contributed by atoms with Crippen LogP contribution in [0.25, 0.3) is 0 Å². The third-order valence-electron chi connectivity index (χ3n) is 3.03. The average Bonchev–Trinajstić information content (AvgIpc) is 2.74. The molecule has 0 spiro atoms. The van der Waals surface area contributed by atoms with E-state index in [0.717, 1.165) is 0 Å². The van der Waals surface area contributed by atoms with Crippen LogP contribution in [-0.4, -0.2) is 0 Å². The number of aryl methyl sites for hydroxylation is 1. The Balaban J connectivity index is 2.32. The quantitative estimate of drug-likeness (QED) is 0.654. The SMILES string of the molecule is Cc1cccc(C(N)C2=CCCC2)c1I. The third kappa shape index (κ3) is 2.26. The first-order valence-corrected chi connectivity index (χ1v) is 6.47. The van der Waals surface area contributed by atoms with Crippen LogP contribution in [0.3, 0.4) is 0 Å².